The zero-order chi connectivity index (χ0) is 27.1. The van der Waals surface area contributed by atoms with E-state index in [1.165, 1.54) is 31.5 Å². The maximum Gasteiger partial charge on any atom is 0.263 e. The second kappa shape index (κ2) is 10.3. The molecule has 2 aliphatic rings. The first-order valence-electron chi connectivity index (χ1n) is 12.8. The highest BCUT2D eigenvalue weighted by Gasteiger charge is 2.35. The summed E-state index contributed by atoms with van der Waals surface area (Å²) in [7, 11) is 0. The number of carbonyl (C=O) groups is 2. The van der Waals surface area contributed by atoms with E-state index in [4.69, 9.17) is 4.74 Å². The lowest BCUT2D eigenvalue weighted by Crippen LogP contribution is -2.42. The Morgan fingerprint density at radius 2 is 2.05 bits per heavy atom. The number of aryl methyl sites for hydroxylation is 1. The molecule has 11 heteroatoms. The number of aliphatic hydroxyl groups is 1. The van der Waals surface area contributed by atoms with Gasteiger partial charge >= 0.3 is 0 Å². The van der Waals surface area contributed by atoms with Crippen molar-refractivity contribution in [3.05, 3.63) is 41.3 Å². The molecule has 9 nitrogen and oxygen atoms in total. The number of hydrogen-bond donors (Lipinski definition) is 3. The number of fused-ring (bicyclic) bond motifs is 1. The van der Waals surface area contributed by atoms with Crippen molar-refractivity contribution in [1.82, 2.24) is 25.2 Å². The molecule has 1 aliphatic carbocycles. The average molecular weight is 528 g/mol. The van der Waals surface area contributed by atoms with Gasteiger partial charge in [0.15, 0.2) is 0 Å². The summed E-state index contributed by atoms with van der Waals surface area (Å²) in [6.45, 7) is 5.83. The molecule has 1 aromatic carbocycles. The van der Waals surface area contributed by atoms with Gasteiger partial charge in [-0.15, -0.1) is 0 Å². The standard InChI is InChI=1S/C27H31F2N5O4/c1-13-8-18(10-34(13)27(37)15(3)35)33-26(36)21-14(2)32-24-22(30-12-31-23(21)24)19-9-17(25(28)29)6-7-20(19)38-11-16-4-5-16/h6-7,9,12-13,15-16,18,25,32,35H,4-5,8,10-11H2,1-3H3,(H,33,36)/t13-,15+,18-/m1/s1. The van der Waals surface area contributed by atoms with Crippen LogP contribution in [0.4, 0.5) is 8.78 Å². The third-order valence-corrected chi connectivity index (χ3v) is 7.23. The molecule has 3 N–H and O–H groups in total. The second-order valence-corrected chi connectivity index (χ2v) is 10.3. The van der Waals surface area contributed by atoms with Gasteiger partial charge in [-0.1, -0.05) is 0 Å². The van der Waals surface area contributed by atoms with Crippen molar-refractivity contribution in [2.24, 2.45) is 5.92 Å². The van der Waals surface area contributed by atoms with E-state index in [9.17, 15) is 23.5 Å². The number of likely N-dealkylation sites (tertiary alicyclic amines) is 1. The predicted octanol–water partition coefficient (Wildman–Crippen LogP) is 3.76. The Morgan fingerprint density at radius 1 is 1.29 bits per heavy atom. The van der Waals surface area contributed by atoms with Gasteiger partial charge in [-0.05, 0) is 64.2 Å². The van der Waals surface area contributed by atoms with Gasteiger partial charge in [-0.2, -0.15) is 0 Å². The smallest absolute Gasteiger partial charge is 0.263 e. The van der Waals surface area contributed by atoms with Gasteiger partial charge in [0, 0.05) is 35.4 Å². The van der Waals surface area contributed by atoms with Crippen LogP contribution in [0.15, 0.2) is 24.5 Å². The maximum atomic E-state index is 13.6. The molecule has 3 aromatic rings. The molecule has 0 unspecified atom stereocenters. The van der Waals surface area contributed by atoms with Crippen molar-refractivity contribution in [3.63, 3.8) is 0 Å². The Morgan fingerprint density at radius 3 is 2.74 bits per heavy atom. The average Bonchev–Trinajstić information content (AvgIpc) is 3.54. The molecule has 0 bridgehead atoms. The van der Waals surface area contributed by atoms with Crippen molar-refractivity contribution in [3.8, 4) is 17.0 Å². The summed E-state index contributed by atoms with van der Waals surface area (Å²) in [6, 6.07) is 3.84. The van der Waals surface area contributed by atoms with E-state index in [1.807, 2.05) is 6.92 Å². The van der Waals surface area contributed by atoms with E-state index in [0.29, 0.717) is 64.8 Å². The number of alkyl halides is 2. The first-order chi connectivity index (χ1) is 18.1. The highest BCUT2D eigenvalue weighted by molar-refractivity contribution is 6.09. The van der Waals surface area contributed by atoms with Crippen LogP contribution in [-0.2, 0) is 4.79 Å². The van der Waals surface area contributed by atoms with E-state index >= 15 is 0 Å². The fraction of sp³-hybridized carbons (Fsp3) is 0.481. The quantitative estimate of drug-likeness (QED) is 0.410. The van der Waals surface area contributed by atoms with Gasteiger partial charge in [0.25, 0.3) is 18.2 Å². The minimum absolute atomic E-state index is 0.128. The minimum Gasteiger partial charge on any atom is -0.493 e. The number of ether oxygens (including phenoxy) is 1. The number of aliphatic hydroxyl groups excluding tert-OH is 1. The number of amides is 2. The van der Waals surface area contributed by atoms with Crippen molar-refractivity contribution in [2.75, 3.05) is 13.2 Å². The Balaban J connectivity index is 1.46. The van der Waals surface area contributed by atoms with Gasteiger partial charge in [0.2, 0.25) is 0 Å². The van der Waals surface area contributed by atoms with E-state index in [2.05, 4.69) is 20.3 Å². The van der Waals surface area contributed by atoms with Crippen LogP contribution < -0.4 is 10.1 Å². The van der Waals surface area contributed by atoms with Crippen molar-refractivity contribution in [2.45, 2.75) is 64.6 Å². The molecule has 1 saturated heterocycles. The third-order valence-electron chi connectivity index (χ3n) is 7.23. The molecule has 3 atom stereocenters. The Hall–Kier alpha value is -3.60. The van der Waals surface area contributed by atoms with Crippen LogP contribution in [0.2, 0.25) is 0 Å². The van der Waals surface area contributed by atoms with Crippen LogP contribution in [0.3, 0.4) is 0 Å². The number of rotatable bonds is 8. The van der Waals surface area contributed by atoms with Gasteiger partial charge in [0.1, 0.15) is 29.4 Å². The number of nitrogens with one attached hydrogen (secondary N) is 2. The molecule has 1 saturated carbocycles. The Labute approximate surface area is 218 Å². The van der Waals surface area contributed by atoms with Crippen molar-refractivity contribution >= 4 is 22.8 Å². The maximum absolute atomic E-state index is 13.6. The first-order valence-corrected chi connectivity index (χ1v) is 12.8. The minimum atomic E-state index is -2.66. The lowest BCUT2D eigenvalue weighted by Gasteiger charge is -2.22. The van der Waals surface area contributed by atoms with E-state index in [0.717, 1.165) is 12.8 Å². The second-order valence-electron chi connectivity index (χ2n) is 10.3. The molecule has 3 heterocycles. The highest BCUT2D eigenvalue weighted by atomic mass is 19.3. The normalized spacial score (nSPS) is 20.2. The SMILES string of the molecule is Cc1[nH]c2c(-c3cc(C(F)F)ccc3OCC3CC3)ncnc2c1C(=O)N[C@@H]1C[C@@H](C)N(C(=O)[C@H](C)O)C1. The number of hydrogen-bond acceptors (Lipinski definition) is 6. The largest absolute Gasteiger partial charge is 0.493 e. The third kappa shape index (κ3) is 5.07. The molecule has 0 radical (unpaired) electrons. The fourth-order valence-corrected chi connectivity index (χ4v) is 5.03. The van der Waals surface area contributed by atoms with Crippen LogP contribution in [0.25, 0.3) is 22.3 Å². The molecule has 2 fully saturated rings. The van der Waals surface area contributed by atoms with Crippen LogP contribution in [0.1, 0.15) is 61.2 Å². The Bertz CT molecular complexity index is 1370. The van der Waals surface area contributed by atoms with E-state index in [-0.39, 0.29) is 29.5 Å². The highest BCUT2D eigenvalue weighted by Crippen LogP contribution is 2.38. The van der Waals surface area contributed by atoms with Gasteiger partial charge in [-0.3, -0.25) is 9.59 Å². The molecular weight excluding hydrogens is 496 g/mol. The van der Waals surface area contributed by atoms with E-state index in [1.54, 1.807) is 11.8 Å². The van der Waals surface area contributed by atoms with Crippen LogP contribution in [0, 0.1) is 12.8 Å². The summed E-state index contributed by atoms with van der Waals surface area (Å²) >= 11 is 0. The molecule has 202 valence electrons. The zero-order valence-electron chi connectivity index (χ0n) is 21.5. The molecule has 5 rings (SSSR count). The van der Waals surface area contributed by atoms with Crippen LogP contribution in [0.5, 0.6) is 5.75 Å². The number of aromatic nitrogens is 3. The predicted molar refractivity (Wildman–Crippen MR) is 136 cm³/mol. The number of halogens is 2. The lowest BCUT2D eigenvalue weighted by molar-refractivity contribution is -0.139. The number of carbonyl (C=O) groups excluding carboxylic acids is 2. The first kappa shape index (κ1) is 26.0. The summed E-state index contributed by atoms with van der Waals surface area (Å²) in [5.41, 5.74) is 2.30. The molecule has 38 heavy (non-hydrogen) atoms. The zero-order valence-corrected chi connectivity index (χ0v) is 21.5. The van der Waals surface area contributed by atoms with Gasteiger partial charge in [0.05, 0.1) is 17.7 Å². The lowest BCUT2D eigenvalue weighted by atomic mass is 10.0. The number of aromatic amines is 1. The molecule has 2 aromatic heterocycles. The molecule has 1 aliphatic heterocycles. The number of H-pyrrole nitrogens is 1. The molecular formula is C27H31F2N5O4. The van der Waals surface area contributed by atoms with Crippen molar-refractivity contribution in [1.29, 1.82) is 0 Å². The number of nitrogens with zero attached hydrogens (tertiary/aromatic N) is 3. The summed E-state index contributed by atoms with van der Waals surface area (Å²) < 4.78 is 33.1. The van der Waals surface area contributed by atoms with E-state index < -0.39 is 12.5 Å². The summed E-state index contributed by atoms with van der Waals surface area (Å²) in [6.07, 6.45) is 0.252. The summed E-state index contributed by atoms with van der Waals surface area (Å²) in [5.74, 6) is 0.174. The van der Waals surface area contributed by atoms with Gasteiger partial charge in [-0.25, -0.2) is 18.7 Å². The van der Waals surface area contributed by atoms with Crippen LogP contribution in [-0.4, -0.2) is 68.1 Å². The summed E-state index contributed by atoms with van der Waals surface area (Å²) in [5, 5.41) is 12.7. The Kier molecular flexibility index (Phi) is 7.04. The van der Waals surface area contributed by atoms with Crippen molar-refractivity contribution < 1.29 is 28.2 Å². The topological polar surface area (TPSA) is 120 Å². The number of benzene rings is 1. The summed E-state index contributed by atoms with van der Waals surface area (Å²) in [4.78, 5) is 39.1. The monoisotopic (exact) mass is 527 g/mol. The molecule has 2 amide bonds. The van der Waals surface area contributed by atoms with Crippen LogP contribution >= 0.6 is 0 Å². The molecule has 0 spiro atoms. The van der Waals surface area contributed by atoms with Gasteiger partial charge < -0.3 is 25.0 Å². The fourth-order valence-electron chi connectivity index (χ4n) is 5.03.